The first kappa shape index (κ1) is 14.0. The molecule has 0 amide bonds. The minimum Gasteiger partial charge on any atom is -0.271 e. The van der Waals surface area contributed by atoms with Crippen molar-refractivity contribution in [2.75, 3.05) is 12.3 Å². The van der Waals surface area contributed by atoms with E-state index in [1.54, 1.807) is 0 Å². The summed E-state index contributed by atoms with van der Waals surface area (Å²) in [6.07, 6.45) is 5.26. The molecule has 0 N–H and O–H groups in total. The summed E-state index contributed by atoms with van der Waals surface area (Å²) in [5.41, 5.74) is 0. The van der Waals surface area contributed by atoms with E-state index in [9.17, 15) is 0 Å². The maximum atomic E-state index is 3.85. The second-order valence-corrected chi connectivity index (χ2v) is 9.92. The molecule has 14 heavy (non-hydrogen) atoms. The van der Waals surface area contributed by atoms with Gasteiger partial charge in [0.15, 0.2) is 0 Å². The lowest BCUT2D eigenvalue weighted by atomic mass is 10.5. The molecule has 0 radical (unpaired) electrons. The van der Waals surface area contributed by atoms with Gasteiger partial charge >= 0.3 is 0 Å². The van der Waals surface area contributed by atoms with Crippen LogP contribution in [0.15, 0.2) is 25.3 Å². The van der Waals surface area contributed by atoms with Crippen molar-refractivity contribution < 1.29 is 0 Å². The Morgan fingerprint density at radius 1 is 1.29 bits per heavy atom. The van der Waals surface area contributed by atoms with Crippen molar-refractivity contribution in [3.8, 4) is 0 Å². The summed E-state index contributed by atoms with van der Waals surface area (Å²) in [5.74, 6) is 1.02. The lowest BCUT2D eigenvalue weighted by molar-refractivity contribution is 0.652. The quantitative estimate of drug-likeness (QED) is 0.352. The second-order valence-electron chi connectivity index (χ2n) is 3.99. The van der Waals surface area contributed by atoms with Gasteiger partial charge in [-0.15, -0.1) is 13.2 Å². The summed E-state index contributed by atoms with van der Waals surface area (Å²) >= 11 is 1.92. The van der Waals surface area contributed by atoms with Gasteiger partial charge in [0.2, 0.25) is 0 Å². The van der Waals surface area contributed by atoms with Gasteiger partial charge in [-0.3, -0.25) is 3.97 Å². The molecule has 0 aliphatic rings. The molecule has 0 unspecified atom stereocenters. The van der Waals surface area contributed by atoms with E-state index in [1.807, 2.05) is 18.0 Å². The van der Waals surface area contributed by atoms with Crippen molar-refractivity contribution in [1.82, 2.24) is 3.97 Å². The fraction of sp³-hybridized carbons (Fsp3) is 0.636. The summed E-state index contributed by atoms with van der Waals surface area (Å²) in [5, 5.41) is 0. The first-order chi connectivity index (χ1) is 6.58. The molecule has 0 spiro atoms. The topological polar surface area (TPSA) is 3.24 Å². The highest BCUT2D eigenvalue weighted by molar-refractivity contribution is 7.98. The molecule has 0 rings (SSSR count). The monoisotopic (exact) mass is 229 g/mol. The molecule has 0 aromatic carbocycles. The number of hydrogen-bond acceptors (Lipinski definition) is 2. The van der Waals surface area contributed by atoms with Gasteiger partial charge in [0.25, 0.3) is 0 Å². The molecular weight excluding hydrogens is 206 g/mol. The average molecular weight is 229 g/mol. The third-order valence-corrected chi connectivity index (χ3v) is 7.70. The Bertz CT molecular complexity index is 180. The Balaban J connectivity index is 4.27. The Labute approximate surface area is 94.5 Å². The average Bonchev–Trinajstić information content (AvgIpc) is 2.11. The normalized spacial score (nSPS) is 11.7. The molecule has 0 saturated heterocycles. The molecular formula is C11H23NSSi. The molecule has 1 nitrogen and oxygen atoms in total. The zero-order valence-corrected chi connectivity index (χ0v) is 11.6. The van der Waals surface area contributed by atoms with Gasteiger partial charge in [-0.25, -0.2) is 0 Å². The van der Waals surface area contributed by atoms with Gasteiger partial charge in [0.1, 0.15) is 8.24 Å². The molecule has 0 aromatic rings. The lowest BCUT2D eigenvalue weighted by Crippen LogP contribution is -2.44. The molecule has 82 valence electrons. The van der Waals surface area contributed by atoms with Gasteiger partial charge in [-0.05, 0) is 12.5 Å². The minimum absolute atomic E-state index is 1.02. The van der Waals surface area contributed by atoms with Crippen molar-refractivity contribution in [2.24, 2.45) is 0 Å². The summed E-state index contributed by atoms with van der Waals surface area (Å²) in [6.45, 7) is 15.8. The highest BCUT2D eigenvalue weighted by atomic mass is 32.2. The van der Waals surface area contributed by atoms with Crippen LogP contribution < -0.4 is 0 Å². The zero-order valence-electron chi connectivity index (χ0n) is 9.75. The number of rotatable bonds is 8. The Kier molecular flexibility index (Phi) is 7.32. The van der Waals surface area contributed by atoms with E-state index in [-0.39, 0.29) is 0 Å². The van der Waals surface area contributed by atoms with Crippen LogP contribution in [0.3, 0.4) is 0 Å². The zero-order chi connectivity index (χ0) is 11.0. The predicted octanol–water partition coefficient (Wildman–Crippen LogP) is 3.92. The fourth-order valence-electron chi connectivity index (χ4n) is 1.34. The molecule has 0 heterocycles. The van der Waals surface area contributed by atoms with Crippen LogP contribution in [0.25, 0.3) is 0 Å². The standard InChI is InChI=1S/C11H23NSSi/c1-6-9-12(13-10-7-2)14(4,5)11-8-3/h7-8H,2-3,6,9-11H2,1,4-5H3. The first-order valence-electron chi connectivity index (χ1n) is 5.20. The maximum absolute atomic E-state index is 3.85. The van der Waals surface area contributed by atoms with E-state index < -0.39 is 8.24 Å². The van der Waals surface area contributed by atoms with E-state index in [1.165, 1.54) is 13.0 Å². The summed E-state index contributed by atoms with van der Waals surface area (Å²) < 4.78 is 2.58. The van der Waals surface area contributed by atoms with Crippen LogP contribution in [0.1, 0.15) is 13.3 Å². The third kappa shape index (κ3) is 5.03. The molecule has 0 atom stereocenters. The van der Waals surface area contributed by atoms with E-state index in [0.29, 0.717) is 0 Å². The van der Waals surface area contributed by atoms with Crippen LogP contribution in [0.2, 0.25) is 19.1 Å². The van der Waals surface area contributed by atoms with Crippen LogP contribution in [0.5, 0.6) is 0 Å². The van der Waals surface area contributed by atoms with Crippen molar-refractivity contribution in [2.45, 2.75) is 32.5 Å². The molecule has 0 aliphatic carbocycles. The minimum atomic E-state index is -1.26. The molecule has 0 fully saturated rings. The smallest absolute Gasteiger partial charge is 0.138 e. The molecule has 3 heteroatoms. The van der Waals surface area contributed by atoms with Gasteiger partial charge in [0.05, 0.1) is 0 Å². The van der Waals surface area contributed by atoms with E-state index in [0.717, 1.165) is 11.8 Å². The van der Waals surface area contributed by atoms with Crippen molar-refractivity contribution in [1.29, 1.82) is 0 Å². The van der Waals surface area contributed by atoms with Crippen LogP contribution in [-0.4, -0.2) is 24.5 Å². The summed E-state index contributed by atoms with van der Waals surface area (Å²) in [7, 11) is -1.26. The molecule has 0 aliphatic heterocycles. The third-order valence-electron chi connectivity index (χ3n) is 2.09. The van der Waals surface area contributed by atoms with E-state index in [4.69, 9.17) is 0 Å². The van der Waals surface area contributed by atoms with Crippen molar-refractivity contribution in [3.63, 3.8) is 0 Å². The second kappa shape index (κ2) is 7.32. The summed E-state index contributed by atoms with van der Waals surface area (Å²) in [6, 6.07) is 1.16. The van der Waals surface area contributed by atoms with Gasteiger partial charge in [-0.1, -0.05) is 44.1 Å². The summed E-state index contributed by atoms with van der Waals surface area (Å²) in [4.78, 5) is 0. The molecule has 0 bridgehead atoms. The largest absolute Gasteiger partial charge is 0.271 e. The highest BCUT2D eigenvalue weighted by Crippen LogP contribution is 2.24. The van der Waals surface area contributed by atoms with Crippen LogP contribution in [-0.2, 0) is 0 Å². The first-order valence-corrected chi connectivity index (χ1v) is 9.30. The van der Waals surface area contributed by atoms with Gasteiger partial charge in [0, 0.05) is 12.3 Å². The van der Waals surface area contributed by atoms with Crippen LogP contribution in [0.4, 0.5) is 0 Å². The van der Waals surface area contributed by atoms with Crippen LogP contribution >= 0.6 is 11.9 Å². The van der Waals surface area contributed by atoms with E-state index >= 15 is 0 Å². The number of allylic oxidation sites excluding steroid dienone is 1. The van der Waals surface area contributed by atoms with E-state index in [2.05, 4.69) is 43.2 Å². The lowest BCUT2D eigenvalue weighted by Gasteiger charge is -2.34. The fourth-order valence-corrected chi connectivity index (χ4v) is 5.52. The molecule has 0 aromatic heterocycles. The van der Waals surface area contributed by atoms with Gasteiger partial charge < -0.3 is 0 Å². The molecule has 0 saturated carbocycles. The Morgan fingerprint density at radius 2 is 1.93 bits per heavy atom. The SMILES string of the molecule is C=CCSN(CCC)[Si](C)(C)CC=C. The predicted molar refractivity (Wildman–Crippen MR) is 72.1 cm³/mol. The Morgan fingerprint density at radius 3 is 2.36 bits per heavy atom. The van der Waals surface area contributed by atoms with Crippen molar-refractivity contribution in [3.05, 3.63) is 25.3 Å². The van der Waals surface area contributed by atoms with Crippen LogP contribution in [0, 0.1) is 0 Å². The number of hydrogen-bond donors (Lipinski definition) is 0. The Hall–Kier alpha value is 0.00688. The van der Waals surface area contributed by atoms with Crippen molar-refractivity contribution >= 4 is 20.2 Å². The number of nitrogens with zero attached hydrogens (tertiary/aromatic N) is 1. The maximum Gasteiger partial charge on any atom is 0.138 e. The highest BCUT2D eigenvalue weighted by Gasteiger charge is 2.27. The van der Waals surface area contributed by atoms with Gasteiger partial charge in [-0.2, -0.15) is 0 Å².